The summed E-state index contributed by atoms with van der Waals surface area (Å²) in [6, 6.07) is 12.1. The predicted octanol–water partition coefficient (Wildman–Crippen LogP) is 3.68. The number of hydrogen-bond donors (Lipinski definition) is 0. The summed E-state index contributed by atoms with van der Waals surface area (Å²) in [5, 5.41) is 8.69. The summed E-state index contributed by atoms with van der Waals surface area (Å²) in [6.45, 7) is 1.93. The molecular weight excluding hydrogens is 229 g/mol. The van der Waals surface area contributed by atoms with Gasteiger partial charge in [0.1, 0.15) is 17.6 Å². The summed E-state index contributed by atoms with van der Waals surface area (Å²) in [5.41, 5.74) is 2.69. The van der Waals surface area contributed by atoms with E-state index >= 15 is 0 Å². The van der Waals surface area contributed by atoms with E-state index in [0.717, 1.165) is 22.4 Å². The van der Waals surface area contributed by atoms with Crippen molar-refractivity contribution in [2.45, 2.75) is 6.92 Å². The number of aryl methyl sites for hydroxylation is 1. The van der Waals surface area contributed by atoms with Crippen LogP contribution in [0, 0.1) is 24.1 Å². The molecule has 2 aromatic rings. The second kappa shape index (κ2) is 4.89. The molecule has 2 aromatic carbocycles. The number of rotatable bonds is 2. The van der Waals surface area contributed by atoms with Gasteiger partial charge in [-0.1, -0.05) is 12.1 Å². The van der Waals surface area contributed by atoms with Crippen molar-refractivity contribution >= 4 is 0 Å². The zero-order valence-electron chi connectivity index (χ0n) is 10.2. The van der Waals surface area contributed by atoms with Crippen molar-refractivity contribution in [2.24, 2.45) is 0 Å². The molecule has 90 valence electrons. The molecule has 0 bridgehead atoms. The van der Waals surface area contributed by atoms with Gasteiger partial charge in [-0.3, -0.25) is 0 Å². The topological polar surface area (TPSA) is 33.0 Å². The van der Waals surface area contributed by atoms with Crippen LogP contribution < -0.4 is 4.74 Å². The first kappa shape index (κ1) is 12.1. The Kier molecular flexibility index (Phi) is 3.29. The van der Waals surface area contributed by atoms with Crippen LogP contribution in [0.15, 0.2) is 36.4 Å². The monoisotopic (exact) mass is 241 g/mol. The van der Waals surface area contributed by atoms with E-state index in [4.69, 9.17) is 10.00 Å². The first-order chi connectivity index (χ1) is 8.65. The molecule has 0 saturated heterocycles. The van der Waals surface area contributed by atoms with Gasteiger partial charge in [0.25, 0.3) is 0 Å². The van der Waals surface area contributed by atoms with Crippen molar-refractivity contribution in [3.63, 3.8) is 0 Å². The van der Waals surface area contributed by atoms with E-state index < -0.39 is 5.82 Å². The van der Waals surface area contributed by atoms with Gasteiger partial charge < -0.3 is 4.74 Å². The Hall–Kier alpha value is -2.34. The highest BCUT2D eigenvalue weighted by molar-refractivity contribution is 5.66. The molecule has 2 nitrogen and oxygen atoms in total. The first-order valence-corrected chi connectivity index (χ1v) is 5.50. The largest absolute Gasteiger partial charge is 0.496 e. The average Bonchev–Trinajstić information content (AvgIpc) is 2.38. The van der Waals surface area contributed by atoms with E-state index in [2.05, 4.69) is 0 Å². The molecule has 0 spiro atoms. The maximum atomic E-state index is 13.5. The van der Waals surface area contributed by atoms with Crippen molar-refractivity contribution in [2.75, 3.05) is 7.11 Å². The number of nitrogens with zero attached hydrogens (tertiary/aromatic N) is 1. The van der Waals surface area contributed by atoms with Crippen molar-refractivity contribution < 1.29 is 9.13 Å². The molecule has 0 heterocycles. The van der Waals surface area contributed by atoms with Gasteiger partial charge >= 0.3 is 0 Å². The first-order valence-electron chi connectivity index (χ1n) is 5.50. The molecule has 0 radical (unpaired) electrons. The summed E-state index contributed by atoms with van der Waals surface area (Å²) < 4.78 is 18.7. The minimum Gasteiger partial charge on any atom is -0.496 e. The molecule has 0 amide bonds. The Morgan fingerprint density at radius 3 is 2.33 bits per heavy atom. The molecule has 0 aliphatic rings. The minimum absolute atomic E-state index is 0.0592. The summed E-state index contributed by atoms with van der Waals surface area (Å²) in [4.78, 5) is 0. The lowest BCUT2D eigenvalue weighted by molar-refractivity contribution is 0.412. The lowest BCUT2D eigenvalue weighted by Gasteiger charge is -2.08. The summed E-state index contributed by atoms with van der Waals surface area (Å²) in [5.74, 6) is 0.302. The van der Waals surface area contributed by atoms with Gasteiger partial charge in [-0.2, -0.15) is 5.26 Å². The molecule has 2 rings (SSSR count). The van der Waals surface area contributed by atoms with Gasteiger partial charge in [0.2, 0.25) is 0 Å². The van der Waals surface area contributed by atoms with Crippen LogP contribution in [-0.2, 0) is 0 Å². The van der Waals surface area contributed by atoms with E-state index in [-0.39, 0.29) is 5.56 Å². The Morgan fingerprint density at radius 2 is 1.78 bits per heavy atom. The number of benzene rings is 2. The molecule has 18 heavy (non-hydrogen) atoms. The summed E-state index contributed by atoms with van der Waals surface area (Å²) in [6.07, 6.45) is 0. The van der Waals surface area contributed by atoms with Gasteiger partial charge in [-0.05, 0) is 47.9 Å². The zero-order valence-corrected chi connectivity index (χ0v) is 10.2. The van der Waals surface area contributed by atoms with Gasteiger partial charge in [0.05, 0.1) is 12.7 Å². The fraction of sp³-hybridized carbons (Fsp3) is 0.133. The van der Waals surface area contributed by atoms with Gasteiger partial charge in [0.15, 0.2) is 0 Å². The van der Waals surface area contributed by atoms with Gasteiger partial charge in [-0.15, -0.1) is 0 Å². The zero-order chi connectivity index (χ0) is 13.1. The van der Waals surface area contributed by atoms with E-state index in [1.165, 1.54) is 12.1 Å². The third kappa shape index (κ3) is 2.18. The normalized spacial score (nSPS) is 9.89. The van der Waals surface area contributed by atoms with Gasteiger partial charge in [0, 0.05) is 0 Å². The van der Waals surface area contributed by atoms with Crippen LogP contribution in [0.25, 0.3) is 11.1 Å². The number of nitriles is 1. The van der Waals surface area contributed by atoms with Crippen LogP contribution in [0.3, 0.4) is 0 Å². The summed E-state index contributed by atoms with van der Waals surface area (Å²) in [7, 11) is 1.61. The SMILES string of the molecule is COc1ccc(-c2ccc(C#N)c(F)c2)cc1C. The van der Waals surface area contributed by atoms with Crippen LogP contribution in [-0.4, -0.2) is 7.11 Å². The molecule has 0 aromatic heterocycles. The van der Waals surface area contributed by atoms with Crippen LogP contribution >= 0.6 is 0 Å². The maximum Gasteiger partial charge on any atom is 0.141 e. The van der Waals surface area contributed by atoms with E-state index in [9.17, 15) is 4.39 Å². The molecule has 0 unspecified atom stereocenters. The van der Waals surface area contributed by atoms with Crippen molar-refractivity contribution in [1.29, 1.82) is 5.26 Å². The summed E-state index contributed by atoms with van der Waals surface area (Å²) >= 11 is 0. The molecular formula is C15H12FNO. The highest BCUT2D eigenvalue weighted by atomic mass is 19.1. The second-order valence-electron chi connectivity index (χ2n) is 3.99. The number of ether oxygens (including phenoxy) is 1. The standard InChI is InChI=1S/C15H12FNO/c1-10-7-11(5-6-15(10)18-2)12-3-4-13(9-17)14(16)8-12/h3-8H,1-2H3. The third-order valence-electron chi connectivity index (χ3n) is 2.82. The lowest BCUT2D eigenvalue weighted by atomic mass is 10.0. The Labute approximate surface area is 105 Å². The average molecular weight is 241 g/mol. The van der Waals surface area contributed by atoms with Crippen molar-refractivity contribution in [3.05, 3.63) is 53.3 Å². The second-order valence-corrected chi connectivity index (χ2v) is 3.99. The predicted molar refractivity (Wildman–Crippen MR) is 67.8 cm³/mol. The number of methoxy groups -OCH3 is 1. The van der Waals surface area contributed by atoms with Crippen LogP contribution in [0.4, 0.5) is 4.39 Å². The smallest absolute Gasteiger partial charge is 0.141 e. The minimum atomic E-state index is -0.497. The Bertz CT molecular complexity index is 629. The highest BCUT2D eigenvalue weighted by Gasteiger charge is 2.06. The van der Waals surface area contributed by atoms with E-state index in [1.54, 1.807) is 13.2 Å². The Morgan fingerprint density at radius 1 is 1.11 bits per heavy atom. The van der Waals surface area contributed by atoms with E-state index in [0.29, 0.717) is 0 Å². The molecule has 0 atom stereocenters. The van der Waals surface area contributed by atoms with Crippen LogP contribution in [0.5, 0.6) is 5.75 Å². The van der Waals surface area contributed by atoms with Crippen LogP contribution in [0.1, 0.15) is 11.1 Å². The van der Waals surface area contributed by atoms with E-state index in [1.807, 2.05) is 31.2 Å². The Balaban J connectivity index is 2.46. The van der Waals surface area contributed by atoms with Gasteiger partial charge in [-0.25, -0.2) is 4.39 Å². The number of hydrogen-bond acceptors (Lipinski definition) is 2. The fourth-order valence-corrected chi connectivity index (χ4v) is 1.84. The van der Waals surface area contributed by atoms with Crippen molar-refractivity contribution in [3.8, 4) is 22.9 Å². The number of halogens is 1. The lowest BCUT2D eigenvalue weighted by Crippen LogP contribution is -1.89. The fourth-order valence-electron chi connectivity index (χ4n) is 1.84. The molecule has 0 saturated carbocycles. The third-order valence-corrected chi connectivity index (χ3v) is 2.82. The van der Waals surface area contributed by atoms with Crippen LogP contribution in [0.2, 0.25) is 0 Å². The highest BCUT2D eigenvalue weighted by Crippen LogP contribution is 2.27. The molecule has 0 aliphatic heterocycles. The quantitative estimate of drug-likeness (QED) is 0.803. The molecule has 0 aliphatic carbocycles. The molecule has 3 heteroatoms. The molecule has 0 fully saturated rings. The van der Waals surface area contributed by atoms with Crippen molar-refractivity contribution in [1.82, 2.24) is 0 Å². The maximum absolute atomic E-state index is 13.5. The molecule has 0 N–H and O–H groups in total.